The third-order valence-corrected chi connectivity index (χ3v) is 2.60. The van der Waals surface area contributed by atoms with E-state index in [2.05, 4.69) is 4.98 Å². The third kappa shape index (κ3) is 2.07. The van der Waals surface area contributed by atoms with Crippen molar-refractivity contribution < 1.29 is 9.15 Å². The summed E-state index contributed by atoms with van der Waals surface area (Å²) in [5.41, 5.74) is 7.78. The fraction of sp³-hybridized carbons (Fsp3) is 0. The summed E-state index contributed by atoms with van der Waals surface area (Å²) >= 11 is 0. The van der Waals surface area contributed by atoms with Crippen LogP contribution in [0.1, 0.15) is 5.56 Å². The van der Waals surface area contributed by atoms with Crippen molar-refractivity contribution in [3.05, 3.63) is 48.0 Å². The van der Waals surface area contributed by atoms with E-state index in [-0.39, 0.29) is 6.08 Å². The van der Waals surface area contributed by atoms with E-state index in [1.165, 1.54) is 6.07 Å². The molecule has 5 nitrogen and oxygen atoms in total. The molecule has 2 N–H and O–H groups in total. The van der Waals surface area contributed by atoms with Crippen LogP contribution in [0.3, 0.4) is 0 Å². The Morgan fingerprint density at radius 2 is 2.05 bits per heavy atom. The fourth-order valence-electron chi connectivity index (χ4n) is 1.71. The predicted octanol–water partition coefficient (Wildman–Crippen LogP) is 3.07. The molecule has 92 valence electrons. The van der Waals surface area contributed by atoms with Gasteiger partial charge in [0.25, 0.3) is 0 Å². The number of anilines is 1. The molecule has 1 aromatic heterocycles. The van der Waals surface area contributed by atoms with E-state index in [9.17, 15) is 0 Å². The van der Waals surface area contributed by atoms with E-state index >= 15 is 0 Å². The molecule has 0 amide bonds. The van der Waals surface area contributed by atoms with Crippen LogP contribution in [0.2, 0.25) is 0 Å². The molecule has 1 heterocycles. The SMILES string of the molecule is N#Cc1cc(N)ccc1Oc1nc2ccccc2o1. The lowest BCUT2D eigenvalue weighted by Gasteiger charge is -2.03. The number of oxazole rings is 1. The number of ether oxygens (including phenoxy) is 1. The number of aromatic nitrogens is 1. The Hall–Kier alpha value is -3.00. The Labute approximate surface area is 108 Å². The summed E-state index contributed by atoms with van der Waals surface area (Å²) in [5.74, 6) is 0.364. The second kappa shape index (κ2) is 4.35. The number of nitrogen functional groups attached to an aromatic ring is 1. The molecule has 0 aliphatic carbocycles. The third-order valence-electron chi connectivity index (χ3n) is 2.60. The van der Waals surface area contributed by atoms with E-state index in [4.69, 9.17) is 20.1 Å². The summed E-state index contributed by atoms with van der Waals surface area (Å²) < 4.78 is 10.9. The van der Waals surface area contributed by atoms with E-state index in [1.54, 1.807) is 18.2 Å². The zero-order chi connectivity index (χ0) is 13.2. The highest BCUT2D eigenvalue weighted by Gasteiger charge is 2.10. The summed E-state index contributed by atoms with van der Waals surface area (Å²) in [6, 6.07) is 14.1. The van der Waals surface area contributed by atoms with Crippen LogP contribution in [-0.2, 0) is 0 Å². The lowest BCUT2D eigenvalue weighted by Crippen LogP contribution is -1.91. The molecule has 0 fully saturated rings. The van der Waals surface area contributed by atoms with Crippen LogP contribution in [0.4, 0.5) is 5.69 Å². The second-order valence-corrected chi connectivity index (χ2v) is 3.92. The van der Waals surface area contributed by atoms with Gasteiger partial charge in [0.15, 0.2) is 11.3 Å². The Bertz CT molecular complexity index is 754. The number of fused-ring (bicyclic) bond motifs is 1. The molecule has 3 aromatic rings. The number of hydrogen-bond donors (Lipinski definition) is 1. The highest BCUT2D eigenvalue weighted by Crippen LogP contribution is 2.28. The lowest BCUT2D eigenvalue weighted by atomic mass is 10.2. The molecule has 0 unspecified atom stereocenters. The number of benzene rings is 2. The maximum Gasteiger partial charge on any atom is 0.400 e. The van der Waals surface area contributed by atoms with Crippen LogP contribution >= 0.6 is 0 Å². The van der Waals surface area contributed by atoms with Gasteiger partial charge in [-0.3, -0.25) is 0 Å². The van der Waals surface area contributed by atoms with Crippen molar-refractivity contribution in [3.63, 3.8) is 0 Å². The molecule has 0 aliphatic heterocycles. The molecular formula is C14H9N3O2. The van der Waals surface area contributed by atoms with Crippen molar-refractivity contribution >= 4 is 16.8 Å². The van der Waals surface area contributed by atoms with Crippen LogP contribution < -0.4 is 10.5 Å². The fourth-order valence-corrected chi connectivity index (χ4v) is 1.71. The molecule has 2 aromatic carbocycles. The second-order valence-electron chi connectivity index (χ2n) is 3.92. The monoisotopic (exact) mass is 251 g/mol. The first-order valence-corrected chi connectivity index (χ1v) is 5.59. The molecule has 0 spiro atoms. The van der Waals surface area contributed by atoms with Gasteiger partial charge >= 0.3 is 6.08 Å². The zero-order valence-corrected chi connectivity index (χ0v) is 9.83. The van der Waals surface area contributed by atoms with Gasteiger partial charge in [-0.05, 0) is 30.3 Å². The van der Waals surface area contributed by atoms with Crippen LogP contribution in [0, 0.1) is 11.3 Å². The summed E-state index contributed by atoms with van der Waals surface area (Å²) in [4.78, 5) is 4.18. The summed E-state index contributed by atoms with van der Waals surface area (Å²) in [5, 5.41) is 9.02. The van der Waals surface area contributed by atoms with Crippen molar-refractivity contribution in [2.75, 3.05) is 5.73 Å². The lowest BCUT2D eigenvalue weighted by molar-refractivity contribution is 0.342. The average molecular weight is 251 g/mol. The minimum atomic E-state index is 0.0995. The molecule has 0 atom stereocenters. The van der Waals surface area contributed by atoms with Gasteiger partial charge < -0.3 is 14.9 Å². The van der Waals surface area contributed by atoms with Gasteiger partial charge in [-0.25, -0.2) is 0 Å². The van der Waals surface area contributed by atoms with Crippen molar-refractivity contribution in [2.24, 2.45) is 0 Å². The Morgan fingerprint density at radius 1 is 1.21 bits per heavy atom. The van der Waals surface area contributed by atoms with Crippen LogP contribution in [0.5, 0.6) is 11.8 Å². The number of nitriles is 1. The smallest absolute Gasteiger partial charge is 0.400 e. The number of para-hydroxylation sites is 2. The Kier molecular flexibility index (Phi) is 2.54. The standard InChI is InChI=1S/C14H9N3O2/c15-8-9-7-10(16)5-6-12(9)18-14-17-11-3-1-2-4-13(11)19-14/h1-7H,16H2. The van der Waals surface area contributed by atoms with Gasteiger partial charge in [-0.2, -0.15) is 10.2 Å². The van der Waals surface area contributed by atoms with Gasteiger partial charge in [0.2, 0.25) is 0 Å². The van der Waals surface area contributed by atoms with E-state index in [0.717, 1.165) is 0 Å². The molecular weight excluding hydrogens is 242 g/mol. The quantitative estimate of drug-likeness (QED) is 0.707. The van der Waals surface area contributed by atoms with Crippen LogP contribution in [0.15, 0.2) is 46.9 Å². The Balaban J connectivity index is 1.99. The van der Waals surface area contributed by atoms with Gasteiger partial charge in [-0.15, -0.1) is 0 Å². The molecule has 0 saturated heterocycles. The number of rotatable bonds is 2. The summed E-state index contributed by atoms with van der Waals surface area (Å²) in [6.07, 6.45) is 0.0995. The van der Waals surface area contributed by atoms with Gasteiger partial charge in [0, 0.05) is 5.69 Å². The van der Waals surface area contributed by atoms with Crippen molar-refractivity contribution in [3.8, 4) is 17.9 Å². The topological polar surface area (TPSA) is 85.1 Å². The summed E-state index contributed by atoms with van der Waals surface area (Å²) in [7, 11) is 0. The predicted molar refractivity (Wildman–Crippen MR) is 69.7 cm³/mol. The summed E-state index contributed by atoms with van der Waals surface area (Å²) in [6.45, 7) is 0. The number of nitrogens with two attached hydrogens (primary N) is 1. The van der Waals surface area contributed by atoms with E-state index < -0.39 is 0 Å². The number of hydrogen-bond acceptors (Lipinski definition) is 5. The maximum absolute atomic E-state index is 9.02. The largest absolute Gasteiger partial charge is 0.410 e. The van der Waals surface area contributed by atoms with Gasteiger partial charge in [0.05, 0.1) is 5.56 Å². The molecule has 0 bridgehead atoms. The van der Waals surface area contributed by atoms with E-state index in [0.29, 0.717) is 28.1 Å². The van der Waals surface area contributed by atoms with Crippen molar-refractivity contribution in [1.82, 2.24) is 4.98 Å². The first-order valence-electron chi connectivity index (χ1n) is 5.59. The molecule has 0 aliphatic rings. The molecule has 0 saturated carbocycles. The maximum atomic E-state index is 9.02. The zero-order valence-electron chi connectivity index (χ0n) is 9.83. The minimum Gasteiger partial charge on any atom is -0.410 e. The van der Waals surface area contributed by atoms with Gasteiger partial charge in [-0.1, -0.05) is 12.1 Å². The Morgan fingerprint density at radius 3 is 2.84 bits per heavy atom. The van der Waals surface area contributed by atoms with E-state index in [1.807, 2.05) is 24.3 Å². The first kappa shape index (κ1) is 11.1. The normalized spacial score (nSPS) is 10.3. The van der Waals surface area contributed by atoms with Crippen LogP contribution in [0.25, 0.3) is 11.1 Å². The van der Waals surface area contributed by atoms with Crippen molar-refractivity contribution in [1.29, 1.82) is 5.26 Å². The number of nitrogens with zero attached hydrogens (tertiary/aromatic N) is 2. The molecule has 19 heavy (non-hydrogen) atoms. The minimum absolute atomic E-state index is 0.0995. The average Bonchev–Trinajstić information content (AvgIpc) is 2.83. The van der Waals surface area contributed by atoms with Gasteiger partial charge in [0.1, 0.15) is 11.6 Å². The highest BCUT2D eigenvalue weighted by atomic mass is 16.6. The van der Waals surface area contributed by atoms with Crippen LogP contribution in [-0.4, -0.2) is 4.98 Å². The molecule has 0 radical (unpaired) electrons. The van der Waals surface area contributed by atoms with Crippen molar-refractivity contribution in [2.45, 2.75) is 0 Å². The molecule has 5 heteroatoms. The molecule has 3 rings (SSSR count). The first-order chi connectivity index (χ1) is 9.26. The highest BCUT2D eigenvalue weighted by molar-refractivity contribution is 5.72.